The highest BCUT2D eigenvalue weighted by atomic mass is 35.5. The van der Waals surface area contributed by atoms with E-state index in [1.807, 2.05) is 22.9 Å². The summed E-state index contributed by atoms with van der Waals surface area (Å²) in [6.07, 6.45) is 0. The van der Waals surface area contributed by atoms with E-state index in [4.69, 9.17) is 11.6 Å². The third kappa shape index (κ3) is 1.24. The second-order valence-electron chi connectivity index (χ2n) is 2.24. The number of hydrogen-bond acceptors (Lipinski definition) is 3. The summed E-state index contributed by atoms with van der Waals surface area (Å²) in [6.45, 7) is 0. The molecule has 2 aromatic rings. The summed E-state index contributed by atoms with van der Waals surface area (Å²) >= 11 is 8.76. The van der Waals surface area contributed by atoms with Crippen molar-refractivity contribution in [3.63, 3.8) is 0 Å². The van der Waals surface area contributed by atoms with Crippen molar-refractivity contribution in [3.05, 3.63) is 27.9 Å². The van der Waals surface area contributed by atoms with E-state index in [2.05, 4.69) is 0 Å². The fraction of sp³-hybridized carbons (Fsp3) is 0. The van der Waals surface area contributed by atoms with Gasteiger partial charge < -0.3 is 5.11 Å². The minimum Gasteiger partial charge on any atom is -0.499 e. The van der Waals surface area contributed by atoms with Crippen LogP contribution in [0.4, 0.5) is 0 Å². The van der Waals surface area contributed by atoms with Gasteiger partial charge in [-0.15, -0.1) is 22.7 Å². The Morgan fingerprint density at radius 2 is 1.92 bits per heavy atom. The van der Waals surface area contributed by atoms with Crippen LogP contribution in [0.2, 0.25) is 5.02 Å². The van der Waals surface area contributed by atoms with Gasteiger partial charge in [-0.3, -0.25) is 0 Å². The van der Waals surface area contributed by atoms with Crippen LogP contribution in [0.15, 0.2) is 22.9 Å². The summed E-state index contributed by atoms with van der Waals surface area (Å²) in [5.74, 6) is 0. The van der Waals surface area contributed by atoms with Gasteiger partial charge in [0.25, 0.3) is 0 Å². The van der Waals surface area contributed by atoms with Gasteiger partial charge in [0.05, 0.1) is 9.90 Å². The highest BCUT2D eigenvalue weighted by Gasteiger charge is 2.09. The van der Waals surface area contributed by atoms with Crippen molar-refractivity contribution in [1.29, 1.82) is 0 Å². The highest BCUT2D eigenvalue weighted by molar-refractivity contribution is 7.16. The molecule has 1 nitrogen and oxygen atoms in total. The fourth-order valence-electron chi connectivity index (χ4n) is 0.960. The number of aromatic hydroxyl groups is 1. The van der Waals surface area contributed by atoms with Crippen molar-refractivity contribution in [2.24, 2.45) is 0 Å². The van der Waals surface area contributed by atoms with E-state index in [9.17, 15) is 5.11 Å². The monoisotopic (exact) mass is 216 g/mol. The lowest BCUT2D eigenvalue weighted by atomic mass is 10.3. The third-order valence-electron chi connectivity index (χ3n) is 1.51. The molecule has 62 valence electrons. The number of thiophene rings is 2. The molecule has 0 radical (unpaired) electrons. The maximum atomic E-state index is 9.41. The maximum absolute atomic E-state index is 9.41. The molecule has 0 saturated carbocycles. The van der Waals surface area contributed by atoms with E-state index in [-0.39, 0.29) is 0 Å². The lowest BCUT2D eigenvalue weighted by Crippen LogP contribution is -1.66. The molecule has 1 N–H and O–H groups in total. The predicted molar refractivity (Wildman–Crippen MR) is 54.3 cm³/mol. The average molecular weight is 217 g/mol. The van der Waals surface area contributed by atoms with Gasteiger partial charge in [0.1, 0.15) is 0 Å². The van der Waals surface area contributed by atoms with E-state index >= 15 is 0 Å². The molecule has 0 aromatic carbocycles. The zero-order chi connectivity index (χ0) is 8.55. The Labute approximate surface area is 82.9 Å². The number of hydrogen-bond donors (Lipinski definition) is 1. The molecule has 0 bridgehead atoms. The summed E-state index contributed by atoms with van der Waals surface area (Å²) in [4.78, 5) is 0.940. The molecule has 4 heteroatoms. The fourth-order valence-corrected chi connectivity index (χ4v) is 2.84. The molecule has 0 saturated heterocycles. The van der Waals surface area contributed by atoms with Gasteiger partial charge >= 0.3 is 0 Å². The Balaban J connectivity index is 2.57. The zero-order valence-corrected chi connectivity index (χ0v) is 8.34. The van der Waals surface area contributed by atoms with Crippen molar-refractivity contribution in [3.8, 4) is 15.5 Å². The number of rotatable bonds is 1. The van der Waals surface area contributed by atoms with Crippen LogP contribution in [-0.4, -0.2) is 5.11 Å². The number of halogens is 1. The molecule has 12 heavy (non-hydrogen) atoms. The van der Waals surface area contributed by atoms with Crippen LogP contribution in [0.25, 0.3) is 10.4 Å². The Morgan fingerprint density at radius 1 is 1.17 bits per heavy atom. The Bertz CT molecular complexity index is 353. The molecule has 0 fully saturated rings. The highest BCUT2D eigenvalue weighted by Crippen LogP contribution is 2.40. The van der Waals surface area contributed by atoms with Crippen LogP contribution in [0.5, 0.6) is 5.06 Å². The second-order valence-corrected chi connectivity index (χ2v) is 4.45. The predicted octanol–water partition coefficient (Wildman–Crippen LogP) is 3.84. The molecule has 2 heterocycles. The summed E-state index contributed by atoms with van der Waals surface area (Å²) in [7, 11) is 0. The molecular weight excluding hydrogens is 212 g/mol. The van der Waals surface area contributed by atoms with Crippen LogP contribution in [0.3, 0.4) is 0 Å². The van der Waals surface area contributed by atoms with Crippen LogP contribution in [0, 0.1) is 0 Å². The van der Waals surface area contributed by atoms with Gasteiger partial charge in [-0.1, -0.05) is 11.6 Å². The molecule has 2 rings (SSSR count). The normalized spacial score (nSPS) is 10.4. The SMILES string of the molecule is Oc1sccc1-c1sccc1Cl. The maximum Gasteiger partial charge on any atom is 0.180 e. The minimum atomic E-state index is 0.333. The van der Waals surface area contributed by atoms with Crippen LogP contribution >= 0.6 is 34.3 Å². The molecule has 0 aliphatic heterocycles. The van der Waals surface area contributed by atoms with Crippen molar-refractivity contribution in [1.82, 2.24) is 0 Å². The lowest BCUT2D eigenvalue weighted by molar-refractivity contribution is 0.493. The minimum absolute atomic E-state index is 0.333. The van der Waals surface area contributed by atoms with E-state index in [1.165, 1.54) is 22.7 Å². The summed E-state index contributed by atoms with van der Waals surface area (Å²) in [5, 5.41) is 14.2. The van der Waals surface area contributed by atoms with E-state index in [0.29, 0.717) is 10.1 Å². The molecular formula is C8H5ClOS2. The first-order chi connectivity index (χ1) is 5.79. The lowest BCUT2D eigenvalue weighted by Gasteiger charge is -1.93. The van der Waals surface area contributed by atoms with Gasteiger partial charge in [0.15, 0.2) is 5.06 Å². The Morgan fingerprint density at radius 3 is 2.42 bits per heavy atom. The van der Waals surface area contributed by atoms with Gasteiger partial charge in [0, 0.05) is 5.56 Å². The van der Waals surface area contributed by atoms with Crippen molar-refractivity contribution < 1.29 is 5.11 Å². The Kier molecular flexibility index (Phi) is 2.09. The van der Waals surface area contributed by atoms with Gasteiger partial charge in [-0.2, -0.15) is 0 Å². The molecule has 0 aliphatic rings. The summed E-state index contributed by atoms with van der Waals surface area (Å²) in [6, 6.07) is 3.70. The molecule has 0 unspecified atom stereocenters. The molecule has 0 atom stereocenters. The standard InChI is InChI=1S/C8H5ClOS2/c9-6-2-4-11-7(6)5-1-3-12-8(5)10/h1-4,10H. The van der Waals surface area contributed by atoms with Gasteiger partial charge in [0.2, 0.25) is 0 Å². The molecule has 2 aromatic heterocycles. The smallest absolute Gasteiger partial charge is 0.180 e. The Hall–Kier alpha value is -0.510. The largest absolute Gasteiger partial charge is 0.499 e. The quantitative estimate of drug-likeness (QED) is 0.768. The summed E-state index contributed by atoms with van der Waals surface area (Å²) < 4.78 is 0. The van der Waals surface area contributed by atoms with Crippen LogP contribution in [0.1, 0.15) is 0 Å². The van der Waals surface area contributed by atoms with Gasteiger partial charge in [-0.25, -0.2) is 0 Å². The van der Waals surface area contributed by atoms with E-state index in [1.54, 1.807) is 0 Å². The molecule has 0 amide bonds. The van der Waals surface area contributed by atoms with Crippen LogP contribution in [-0.2, 0) is 0 Å². The molecule has 0 aliphatic carbocycles. The zero-order valence-electron chi connectivity index (χ0n) is 5.95. The average Bonchev–Trinajstić information content (AvgIpc) is 2.59. The summed E-state index contributed by atoms with van der Waals surface area (Å²) in [5.41, 5.74) is 0.833. The van der Waals surface area contributed by atoms with Gasteiger partial charge in [-0.05, 0) is 22.9 Å². The third-order valence-corrected chi connectivity index (χ3v) is 3.60. The van der Waals surface area contributed by atoms with Crippen molar-refractivity contribution in [2.45, 2.75) is 0 Å². The first kappa shape index (κ1) is 8.10. The second kappa shape index (κ2) is 3.09. The topological polar surface area (TPSA) is 20.2 Å². The van der Waals surface area contributed by atoms with Crippen molar-refractivity contribution >= 4 is 34.3 Å². The van der Waals surface area contributed by atoms with Crippen molar-refractivity contribution in [2.75, 3.05) is 0 Å². The molecule has 0 spiro atoms. The first-order valence-electron chi connectivity index (χ1n) is 3.29. The van der Waals surface area contributed by atoms with E-state index < -0.39 is 0 Å². The van der Waals surface area contributed by atoms with Crippen LogP contribution < -0.4 is 0 Å². The first-order valence-corrected chi connectivity index (χ1v) is 5.42. The van der Waals surface area contributed by atoms with E-state index in [0.717, 1.165) is 10.4 Å².